The number of nitro benzene ring substituents is 1. The zero-order valence-electron chi connectivity index (χ0n) is 19.4. The summed E-state index contributed by atoms with van der Waals surface area (Å²) in [5.41, 5.74) is 5.54. The number of aromatic nitrogens is 1. The van der Waals surface area contributed by atoms with Crippen molar-refractivity contribution in [3.05, 3.63) is 130 Å². The first-order valence-electron chi connectivity index (χ1n) is 11.5. The second kappa shape index (κ2) is 8.73. The molecule has 6 rings (SSSR count). The number of benzene rings is 3. The topological polar surface area (TPSA) is 86.7 Å². The highest BCUT2D eigenvalue weighted by Crippen LogP contribution is 2.41. The van der Waals surface area contributed by atoms with Crippen LogP contribution in [0.15, 0.2) is 88.2 Å². The Balaban J connectivity index is 1.62. The predicted octanol–water partition coefficient (Wildman–Crippen LogP) is 4.24. The van der Waals surface area contributed by atoms with E-state index in [2.05, 4.69) is 12.1 Å². The zero-order valence-corrected chi connectivity index (χ0v) is 20.2. The number of aryl methyl sites for hydroxylation is 1. The third kappa shape index (κ3) is 3.67. The van der Waals surface area contributed by atoms with E-state index in [9.17, 15) is 14.9 Å². The Morgan fingerprint density at radius 1 is 1.08 bits per heavy atom. The van der Waals surface area contributed by atoms with Crippen molar-refractivity contribution in [2.45, 2.75) is 18.9 Å². The van der Waals surface area contributed by atoms with E-state index in [4.69, 9.17) is 9.73 Å². The van der Waals surface area contributed by atoms with Crippen LogP contribution in [-0.2, 0) is 6.42 Å². The van der Waals surface area contributed by atoms with Crippen LogP contribution in [0.5, 0.6) is 5.75 Å². The van der Waals surface area contributed by atoms with Crippen molar-refractivity contribution in [1.29, 1.82) is 0 Å². The Morgan fingerprint density at radius 2 is 1.92 bits per heavy atom. The first-order chi connectivity index (χ1) is 17.5. The van der Waals surface area contributed by atoms with Crippen LogP contribution in [0.3, 0.4) is 0 Å². The minimum absolute atomic E-state index is 0.00127. The first-order valence-corrected chi connectivity index (χ1v) is 12.4. The lowest BCUT2D eigenvalue weighted by Crippen LogP contribution is -2.38. The molecule has 7 nitrogen and oxygen atoms in total. The summed E-state index contributed by atoms with van der Waals surface area (Å²) in [5.74, 6) is 0.707. The summed E-state index contributed by atoms with van der Waals surface area (Å²) >= 11 is 1.33. The van der Waals surface area contributed by atoms with Gasteiger partial charge in [-0.25, -0.2) is 4.99 Å². The largest absolute Gasteiger partial charge is 0.497 e. The van der Waals surface area contributed by atoms with Gasteiger partial charge in [-0.3, -0.25) is 19.5 Å². The van der Waals surface area contributed by atoms with Gasteiger partial charge < -0.3 is 4.74 Å². The molecule has 3 aromatic carbocycles. The second-order valence-corrected chi connectivity index (χ2v) is 9.75. The van der Waals surface area contributed by atoms with Gasteiger partial charge in [-0.1, -0.05) is 59.9 Å². The average molecular weight is 496 g/mol. The summed E-state index contributed by atoms with van der Waals surface area (Å²) in [6.07, 6.45) is 3.39. The Bertz CT molecular complexity index is 1750. The van der Waals surface area contributed by atoms with Crippen LogP contribution in [0.25, 0.3) is 11.8 Å². The van der Waals surface area contributed by atoms with Crippen molar-refractivity contribution in [2.75, 3.05) is 7.11 Å². The molecule has 8 heteroatoms. The minimum atomic E-state index is -0.461. The van der Waals surface area contributed by atoms with Crippen molar-refractivity contribution < 1.29 is 9.66 Å². The molecule has 0 N–H and O–H groups in total. The maximum Gasteiger partial charge on any atom is 0.271 e. The number of allylic oxidation sites excluding steroid dienone is 1. The maximum absolute atomic E-state index is 13.8. The second-order valence-electron chi connectivity index (χ2n) is 8.74. The SMILES string of the molecule is COc1cccc(/C=c2\sc3n(c2=O)[C@@H](c2cccc([N+](=O)[O-])c2)C2=C(N=3)c3ccccc3CC2)c1. The van der Waals surface area contributed by atoms with Gasteiger partial charge >= 0.3 is 0 Å². The highest BCUT2D eigenvalue weighted by molar-refractivity contribution is 7.07. The molecular formula is C28H21N3O4S. The van der Waals surface area contributed by atoms with E-state index < -0.39 is 11.0 Å². The van der Waals surface area contributed by atoms with E-state index in [-0.39, 0.29) is 11.2 Å². The van der Waals surface area contributed by atoms with Crippen molar-refractivity contribution in [3.63, 3.8) is 0 Å². The van der Waals surface area contributed by atoms with Crippen molar-refractivity contribution >= 4 is 28.8 Å². The standard InChI is InChI=1S/C28H21N3O4S/c1-35-21-10-4-6-17(14-21)15-24-27(32)30-26(19-8-5-9-20(16-19)31(33)34)23-13-12-18-7-2-3-11-22(18)25(23)29-28(30)36-24/h2-11,14-16,26H,12-13H2,1H3/b24-15-/t26-/m0/s1. The van der Waals surface area contributed by atoms with E-state index in [1.54, 1.807) is 23.8 Å². The number of ether oxygens (including phenoxy) is 1. The van der Waals surface area contributed by atoms with Gasteiger partial charge in [0.2, 0.25) is 0 Å². The number of methoxy groups -OCH3 is 1. The molecule has 1 atom stereocenters. The minimum Gasteiger partial charge on any atom is -0.497 e. The van der Waals surface area contributed by atoms with Crippen molar-refractivity contribution in [1.82, 2.24) is 4.57 Å². The lowest BCUT2D eigenvalue weighted by Gasteiger charge is -2.30. The number of hydrogen-bond donors (Lipinski definition) is 0. The van der Waals surface area contributed by atoms with E-state index >= 15 is 0 Å². The first kappa shape index (κ1) is 22.2. The highest BCUT2D eigenvalue weighted by atomic mass is 32.1. The molecule has 0 amide bonds. The molecule has 0 spiro atoms. The highest BCUT2D eigenvalue weighted by Gasteiger charge is 2.33. The number of hydrogen-bond acceptors (Lipinski definition) is 6. The molecule has 0 radical (unpaired) electrons. The Hall–Kier alpha value is -4.30. The monoisotopic (exact) mass is 495 g/mol. The number of non-ortho nitro benzene ring substituents is 1. The van der Waals surface area contributed by atoms with Crippen LogP contribution in [0.4, 0.5) is 5.69 Å². The van der Waals surface area contributed by atoms with Crippen LogP contribution in [0.1, 0.15) is 34.7 Å². The van der Waals surface area contributed by atoms with Crippen LogP contribution in [-0.4, -0.2) is 16.6 Å². The smallest absolute Gasteiger partial charge is 0.271 e. The van der Waals surface area contributed by atoms with E-state index in [0.717, 1.165) is 35.2 Å². The molecule has 178 valence electrons. The molecule has 1 aliphatic heterocycles. The summed E-state index contributed by atoms with van der Waals surface area (Å²) in [6, 6.07) is 21.8. The average Bonchev–Trinajstić information content (AvgIpc) is 3.21. The summed E-state index contributed by atoms with van der Waals surface area (Å²) in [6.45, 7) is 0. The zero-order chi connectivity index (χ0) is 24.8. The fraction of sp³-hybridized carbons (Fsp3) is 0.143. The van der Waals surface area contributed by atoms with Gasteiger partial charge in [0.05, 0.1) is 28.3 Å². The number of nitrogens with zero attached hydrogens (tertiary/aromatic N) is 3. The Labute approximate surface area is 210 Å². The Kier molecular flexibility index (Phi) is 5.38. The fourth-order valence-corrected chi connectivity index (χ4v) is 6.01. The van der Waals surface area contributed by atoms with Crippen LogP contribution < -0.4 is 19.6 Å². The van der Waals surface area contributed by atoms with E-state index in [1.807, 2.05) is 48.5 Å². The van der Waals surface area contributed by atoms with Crippen LogP contribution >= 0.6 is 11.3 Å². The van der Waals surface area contributed by atoms with Crippen molar-refractivity contribution in [3.8, 4) is 5.75 Å². The van der Waals surface area contributed by atoms with Gasteiger partial charge in [-0.05, 0) is 53.3 Å². The summed E-state index contributed by atoms with van der Waals surface area (Å²) in [5, 5.41) is 11.5. The number of fused-ring (bicyclic) bond motifs is 3. The number of thiazole rings is 1. The molecule has 0 saturated carbocycles. The Morgan fingerprint density at radius 3 is 2.75 bits per heavy atom. The number of rotatable bonds is 4. The van der Waals surface area contributed by atoms with Crippen molar-refractivity contribution in [2.24, 2.45) is 4.99 Å². The third-order valence-corrected chi connectivity index (χ3v) is 7.64. The molecular weight excluding hydrogens is 474 g/mol. The molecule has 0 fully saturated rings. The molecule has 2 aliphatic rings. The number of nitro groups is 1. The maximum atomic E-state index is 13.8. The lowest BCUT2D eigenvalue weighted by molar-refractivity contribution is -0.384. The molecule has 0 unspecified atom stereocenters. The van der Waals surface area contributed by atoms with Gasteiger partial charge in [0, 0.05) is 17.7 Å². The quantitative estimate of drug-likeness (QED) is 0.313. The molecule has 0 bridgehead atoms. The molecule has 2 heterocycles. The molecule has 36 heavy (non-hydrogen) atoms. The molecule has 4 aromatic rings. The summed E-state index contributed by atoms with van der Waals surface area (Å²) in [4.78, 5) is 30.5. The third-order valence-electron chi connectivity index (χ3n) is 6.66. The van der Waals surface area contributed by atoms with Gasteiger partial charge in [0.1, 0.15) is 5.75 Å². The summed E-state index contributed by atoms with van der Waals surface area (Å²) in [7, 11) is 1.61. The van der Waals surface area contributed by atoms with Crippen LogP contribution in [0.2, 0.25) is 0 Å². The van der Waals surface area contributed by atoms with E-state index in [0.29, 0.717) is 20.6 Å². The predicted molar refractivity (Wildman–Crippen MR) is 139 cm³/mol. The molecule has 1 aliphatic carbocycles. The summed E-state index contributed by atoms with van der Waals surface area (Å²) < 4.78 is 7.57. The molecule has 1 aromatic heterocycles. The van der Waals surface area contributed by atoms with E-state index in [1.165, 1.54) is 23.0 Å². The van der Waals surface area contributed by atoms with Crippen LogP contribution in [0, 0.1) is 10.1 Å². The fourth-order valence-electron chi connectivity index (χ4n) is 5.01. The normalized spacial score (nSPS) is 16.6. The molecule has 0 saturated heterocycles. The van der Waals surface area contributed by atoms with Gasteiger partial charge in [0.25, 0.3) is 11.2 Å². The van der Waals surface area contributed by atoms with Gasteiger partial charge in [0.15, 0.2) is 4.80 Å². The lowest BCUT2D eigenvalue weighted by atomic mass is 9.83. The van der Waals surface area contributed by atoms with Gasteiger partial charge in [-0.2, -0.15) is 0 Å². The van der Waals surface area contributed by atoms with Gasteiger partial charge in [-0.15, -0.1) is 0 Å².